The van der Waals surface area contributed by atoms with Crippen LogP contribution in [0.1, 0.15) is 25.7 Å². The molecule has 0 atom stereocenters. The monoisotopic (exact) mass is 229 g/mol. The molecule has 0 fully saturated rings. The standard InChI is InChI=1S/C10H15NO3S/c12-15(13,14)11(9-5-1-2-6-9)10-7-3-4-8-10/h1-4,9-10H,5-8H2,(H,12,13,14). The summed E-state index contributed by atoms with van der Waals surface area (Å²) >= 11 is 0. The van der Waals surface area contributed by atoms with Gasteiger partial charge in [-0.3, -0.25) is 4.55 Å². The first-order chi connectivity index (χ1) is 7.09. The maximum Gasteiger partial charge on any atom is 0.336 e. The Labute approximate surface area is 90.2 Å². The van der Waals surface area contributed by atoms with E-state index in [-0.39, 0.29) is 12.1 Å². The Morgan fingerprint density at radius 2 is 1.27 bits per heavy atom. The van der Waals surface area contributed by atoms with Crippen molar-refractivity contribution in [2.24, 2.45) is 0 Å². The van der Waals surface area contributed by atoms with Crippen molar-refractivity contribution in [2.75, 3.05) is 0 Å². The minimum Gasteiger partial charge on any atom is -0.273 e. The molecule has 0 spiro atoms. The van der Waals surface area contributed by atoms with Crippen LogP contribution in [0, 0.1) is 0 Å². The van der Waals surface area contributed by atoms with Crippen molar-refractivity contribution in [1.29, 1.82) is 0 Å². The lowest BCUT2D eigenvalue weighted by Gasteiger charge is -2.30. The van der Waals surface area contributed by atoms with E-state index in [0.29, 0.717) is 25.7 Å². The molecule has 0 aromatic rings. The summed E-state index contributed by atoms with van der Waals surface area (Å²) in [7, 11) is -4.08. The van der Waals surface area contributed by atoms with Crippen LogP contribution >= 0.6 is 0 Å². The lowest BCUT2D eigenvalue weighted by Crippen LogP contribution is -2.44. The first-order valence-corrected chi connectivity index (χ1v) is 6.54. The molecule has 2 aliphatic rings. The predicted octanol–water partition coefficient (Wildman–Crippen LogP) is 1.53. The molecule has 0 aromatic carbocycles. The van der Waals surface area contributed by atoms with Crippen molar-refractivity contribution in [2.45, 2.75) is 37.8 Å². The fourth-order valence-corrected chi connectivity index (χ4v) is 3.39. The van der Waals surface area contributed by atoms with Gasteiger partial charge in [-0.15, -0.1) is 0 Å². The molecular formula is C10H15NO3S. The van der Waals surface area contributed by atoms with Crippen LogP contribution in [-0.2, 0) is 10.3 Å². The van der Waals surface area contributed by atoms with Crippen molar-refractivity contribution in [3.63, 3.8) is 0 Å². The molecule has 15 heavy (non-hydrogen) atoms. The fourth-order valence-electron chi connectivity index (χ4n) is 2.30. The Bertz CT molecular complexity index is 347. The van der Waals surface area contributed by atoms with Crippen LogP contribution in [0.25, 0.3) is 0 Å². The number of rotatable bonds is 3. The van der Waals surface area contributed by atoms with Gasteiger partial charge in [-0.05, 0) is 25.7 Å². The lowest BCUT2D eigenvalue weighted by molar-refractivity contribution is 0.235. The van der Waals surface area contributed by atoms with Crippen molar-refractivity contribution >= 4 is 10.3 Å². The average molecular weight is 229 g/mol. The highest BCUT2D eigenvalue weighted by Gasteiger charge is 2.35. The van der Waals surface area contributed by atoms with Gasteiger partial charge in [0.25, 0.3) is 0 Å². The summed E-state index contributed by atoms with van der Waals surface area (Å²) < 4.78 is 33.2. The van der Waals surface area contributed by atoms with E-state index in [4.69, 9.17) is 0 Å². The van der Waals surface area contributed by atoms with E-state index >= 15 is 0 Å². The third-order valence-corrected chi connectivity index (χ3v) is 4.08. The molecular weight excluding hydrogens is 214 g/mol. The van der Waals surface area contributed by atoms with Crippen molar-refractivity contribution in [3.8, 4) is 0 Å². The highest BCUT2D eigenvalue weighted by Crippen LogP contribution is 2.27. The molecule has 0 amide bonds. The van der Waals surface area contributed by atoms with Crippen molar-refractivity contribution < 1.29 is 13.0 Å². The van der Waals surface area contributed by atoms with Gasteiger partial charge < -0.3 is 0 Å². The smallest absolute Gasteiger partial charge is 0.273 e. The second kappa shape index (κ2) is 4.08. The summed E-state index contributed by atoms with van der Waals surface area (Å²) in [5.74, 6) is 0. The van der Waals surface area contributed by atoms with E-state index in [1.165, 1.54) is 4.31 Å². The molecule has 2 rings (SSSR count). The van der Waals surface area contributed by atoms with Crippen molar-refractivity contribution in [1.82, 2.24) is 4.31 Å². The second-order valence-electron chi connectivity index (χ2n) is 4.00. The summed E-state index contributed by atoms with van der Waals surface area (Å²) in [4.78, 5) is 0. The van der Waals surface area contributed by atoms with Crippen LogP contribution in [0.2, 0.25) is 0 Å². The van der Waals surface area contributed by atoms with E-state index in [1.54, 1.807) is 0 Å². The zero-order valence-electron chi connectivity index (χ0n) is 8.41. The van der Waals surface area contributed by atoms with Crippen LogP contribution in [0.4, 0.5) is 0 Å². The van der Waals surface area contributed by atoms with E-state index in [2.05, 4.69) is 0 Å². The van der Waals surface area contributed by atoms with E-state index in [0.717, 1.165) is 0 Å². The Morgan fingerprint density at radius 3 is 1.53 bits per heavy atom. The van der Waals surface area contributed by atoms with Crippen molar-refractivity contribution in [3.05, 3.63) is 24.3 Å². The molecule has 0 unspecified atom stereocenters. The number of hydrogen-bond acceptors (Lipinski definition) is 2. The minimum atomic E-state index is -4.08. The zero-order chi connectivity index (χ0) is 10.9. The maximum absolute atomic E-state index is 11.3. The molecule has 0 saturated carbocycles. The van der Waals surface area contributed by atoms with Gasteiger partial charge in [0.15, 0.2) is 0 Å². The van der Waals surface area contributed by atoms with E-state index < -0.39 is 10.3 Å². The molecule has 4 nitrogen and oxygen atoms in total. The van der Waals surface area contributed by atoms with Crippen LogP contribution < -0.4 is 0 Å². The third kappa shape index (κ3) is 2.30. The van der Waals surface area contributed by atoms with Crippen LogP contribution in [0.15, 0.2) is 24.3 Å². The van der Waals surface area contributed by atoms with Gasteiger partial charge in [0, 0.05) is 12.1 Å². The molecule has 0 saturated heterocycles. The Kier molecular flexibility index (Phi) is 2.95. The summed E-state index contributed by atoms with van der Waals surface area (Å²) in [5, 5.41) is 0. The van der Waals surface area contributed by atoms with Gasteiger partial charge >= 0.3 is 10.3 Å². The highest BCUT2D eigenvalue weighted by molar-refractivity contribution is 7.83. The minimum absolute atomic E-state index is 0.0927. The molecule has 0 aromatic heterocycles. The highest BCUT2D eigenvalue weighted by atomic mass is 32.2. The zero-order valence-corrected chi connectivity index (χ0v) is 9.23. The van der Waals surface area contributed by atoms with Gasteiger partial charge in [0.2, 0.25) is 0 Å². The predicted molar refractivity (Wildman–Crippen MR) is 57.7 cm³/mol. The van der Waals surface area contributed by atoms with Crippen LogP contribution in [-0.4, -0.2) is 29.4 Å². The van der Waals surface area contributed by atoms with Crippen LogP contribution in [0.5, 0.6) is 0 Å². The molecule has 0 heterocycles. The first-order valence-electron chi connectivity index (χ1n) is 5.15. The third-order valence-electron chi connectivity index (χ3n) is 2.95. The summed E-state index contributed by atoms with van der Waals surface area (Å²) in [6.45, 7) is 0. The molecule has 5 heteroatoms. The van der Waals surface area contributed by atoms with E-state index in [9.17, 15) is 13.0 Å². The lowest BCUT2D eigenvalue weighted by atomic mass is 10.1. The molecule has 0 bridgehead atoms. The topological polar surface area (TPSA) is 57.6 Å². The molecule has 0 radical (unpaired) electrons. The summed E-state index contributed by atoms with van der Waals surface area (Å²) in [6, 6.07) is -0.185. The Hall–Kier alpha value is -0.650. The molecule has 1 N–H and O–H groups in total. The number of nitrogens with zero attached hydrogens (tertiary/aromatic N) is 1. The largest absolute Gasteiger partial charge is 0.336 e. The maximum atomic E-state index is 11.3. The van der Waals surface area contributed by atoms with Crippen LogP contribution in [0.3, 0.4) is 0 Å². The SMILES string of the molecule is O=S(=O)(O)N(C1CC=CC1)C1CC=CC1. The normalized spacial score (nSPS) is 23.3. The van der Waals surface area contributed by atoms with Gasteiger partial charge in [-0.1, -0.05) is 24.3 Å². The van der Waals surface area contributed by atoms with Gasteiger partial charge in [0.05, 0.1) is 0 Å². The molecule has 0 aliphatic heterocycles. The Balaban J connectivity index is 2.16. The van der Waals surface area contributed by atoms with Gasteiger partial charge in [-0.25, -0.2) is 0 Å². The number of hydrogen-bond donors (Lipinski definition) is 1. The molecule has 2 aliphatic carbocycles. The van der Waals surface area contributed by atoms with Gasteiger partial charge in [0.1, 0.15) is 0 Å². The summed E-state index contributed by atoms with van der Waals surface area (Å²) in [5.41, 5.74) is 0. The molecule has 84 valence electrons. The second-order valence-corrected chi connectivity index (χ2v) is 5.32. The summed E-state index contributed by atoms with van der Waals surface area (Å²) in [6.07, 6.45) is 10.7. The fraction of sp³-hybridized carbons (Fsp3) is 0.600. The Morgan fingerprint density at radius 1 is 0.933 bits per heavy atom. The van der Waals surface area contributed by atoms with Gasteiger partial charge in [-0.2, -0.15) is 12.7 Å². The quantitative estimate of drug-likeness (QED) is 0.589. The van der Waals surface area contributed by atoms with E-state index in [1.807, 2.05) is 24.3 Å². The first kappa shape index (κ1) is 10.9. The average Bonchev–Trinajstić information content (AvgIpc) is 2.73.